The predicted octanol–water partition coefficient (Wildman–Crippen LogP) is 0.573. The standard InChI is InChI=1S/C6H10BN2/c8-6-7-9-4-2-1-3-5-9/h1-5H2/q-1. The largest absolute Gasteiger partial charge is 0.525 e. The molecule has 0 aromatic carbocycles. The summed E-state index contributed by atoms with van der Waals surface area (Å²) in [5.74, 6) is 2.04. The summed E-state index contributed by atoms with van der Waals surface area (Å²) in [4.78, 5) is 2.09. The smallest absolute Gasteiger partial charge is 0.0422 e. The van der Waals surface area contributed by atoms with E-state index in [1.165, 1.54) is 19.3 Å². The molecule has 0 N–H and O–H groups in total. The SMILES string of the molecule is N#C[B-]N1CCCCC1. The van der Waals surface area contributed by atoms with Crippen LogP contribution in [0.15, 0.2) is 0 Å². The molecule has 0 spiro atoms. The van der Waals surface area contributed by atoms with Gasteiger partial charge >= 0.3 is 0 Å². The lowest BCUT2D eigenvalue weighted by molar-refractivity contribution is 0.363. The first kappa shape index (κ1) is 6.63. The van der Waals surface area contributed by atoms with Crippen molar-refractivity contribution in [2.45, 2.75) is 19.3 Å². The van der Waals surface area contributed by atoms with E-state index >= 15 is 0 Å². The van der Waals surface area contributed by atoms with E-state index in [1.54, 1.807) is 7.41 Å². The first-order valence-electron chi connectivity index (χ1n) is 3.40. The van der Waals surface area contributed by atoms with E-state index in [9.17, 15) is 0 Å². The molecule has 0 atom stereocenters. The highest BCUT2D eigenvalue weighted by molar-refractivity contribution is 6.41. The molecule has 1 heterocycles. The van der Waals surface area contributed by atoms with Crippen LogP contribution in [0.2, 0.25) is 0 Å². The quantitative estimate of drug-likeness (QED) is 0.474. The molecular weight excluding hydrogens is 111 g/mol. The Morgan fingerprint density at radius 2 is 1.89 bits per heavy atom. The highest BCUT2D eigenvalue weighted by Gasteiger charge is 1.99. The van der Waals surface area contributed by atoms with Gasteiger partial charge in [-0.3, -0.25) is 5.26 Å². The molecule has 0 amide bonds. The molecule has 0 aliphatic carbocycles. The maximum atomic E-state index is 8.27. The molecule has 1 rings (SSSR count). The maximum Gasteiger partial charge on any atom is -0.0422 e. The molecule has 2 radical (unpaired) electrons. The number of rotatable bonds is 1. The van der Waals surface area contributed by atoms with Gasteiger partial charge in [-0.1, -0.05) is 6.42 Å². The minimum absolute atomic E-state index is 1.08. The summed E-state index contributed by atoms with van der Waals surface area (Å²) in [6, 6.07) is 0. The molecular formula is C6H10BN2-. The fourth-order valence-corrected chi connectivity index (χ4v) is 1.13. The van der Waals surface area contributed by atoms with Gasteiger partial charge < -0.3 is 4.81 Å². The van der Waals surface area contributed by atoms with Crippen LogP contribution in [-0.2, 0) is 0 Å². The van der Waals surface area contributed by atoms with Crippen LogP contribution in [0, 0.1) is 11.2 Å². The molecule has 0 aromatic heterocycles. The van der Waals surface area contributed by atoms with Gasteiger partial charge in [-0.05, 0) is 25.9 Å². The average molecular weight is 121 g/mol. The van der Waals surface area contributed by atoms with Crippen molar-refractivity contribution in [3.8, 4) is 5.97 Å². The van der Waals surface area contributed by atoms with E-state index in [4.69, 9.17) is 5.26 Å². The van der Waals surface area contributed by atoms with Crippen LogP contribution in [-0.4, -0.2) is 25.3 Å². The summed E-state index contributed by atoms with van der Waals surface area (Å²) in [5.41, 5.74) is 0. The molecule has 0 aromatic rings. The Hall–Kier alpha value is -0.485. The van der Waals surface area contributed by atoms with Gasteiger partial charge in [0.25, 0.3) is 0 Å². The average Bonchev–Trinajstić information content (AvgIpc) is 1.91. The van der Waals surface area contributed by atoms with Gasteiger partial charge in [-0.15, -0.1) is 7.41 Å². The highest BCUT2D eigenvalue weighted by Crippen LogP contribution is 2.05. The van der Waals surface area contributed by atoms with Gasteiger partial charge in [0.2, 0.25) is 0 Å². The van der Waals surface area contributed by atoms with Crippen LogP contribution in [0.1, 0.15) is 19.3 Å². The number of hydrogen-bond acceptors (Lipinski definition) is 2. The zero-order valence-corrected chi connectivity index (χ0v) is 5.51. The third-order valence-corrected chi connectivity index (χ3v) is 1.63. The van der Waals surface area contributed by atoms with Crippen LogP contribution < -0.4 is 0 Å². The van der Waals surface area contributed by atoms with Crippen LogP contribution in [0.4, 0.5) is 0 Å². The maximum absolute atomic E-state index is 8.27. The summed E-state index contributed by atoms with van der Waals surface area (Å²) in [7, 11) is 1.62. The Bertz CT molecular complexity index is 113. The molecule has 0 saturated carbocycles. The Labute approximate surface area is 56.7 Å². The van der Waals surface area contributed by atoms with Gasteiger partial charge in [0.05, 0.1) is 0 Å². The van der Waals surface area contributed by atoms with Gasteiger partial charge in [-0.25, -0.2) is 5.97 Å². The minimum atomic E-state index is 1.08. The van der Waals surface area contributed by atoms with E-state index < -0.39 is 0 Å². The Morgan fingerprint density at radius 1 is 1.22 bits per heavy atom. The van der Waals surface area contributed by atoms with E-state index in [1.807, 2.05) is 5.97 Å². The number of hydrogen-bond donors (Lipinski definition) is 0. The van der Waals surface area contributed by atoms with Crippen LogP contribution in [0.3, 0.4) is 0 Å². The van der Waals surface area contributed by atoms with Crippen LogP contribution in [0.25, 0.3) is 0 Å². The van der Waals surface area contributed by atoms with Gasteiger partial charge in [0.15, 0.2) is 0 Å². The summed E-state index contributed by atoms with van der Waals surface area (Å²) in [6.07, 6.45) is 3.83. The lowest BCUT2D eigenvalue weighted by Gasteiger charge is -2.35. The first-order valence-corrected chi connectivity index (χ1v) is 3.40. The van der Waals surface area contributed by atoms with E-state index in [2.05, 4.69) is 4.81 Å². The fourth-order valence-electron chi connectivity index (χ4n) is 1.13. The third-order valence-electron chi connectivity index (χ3n) is 1.63. The number of nitriles is 1. The third kappa shape index (κ3) is 2.07. The van der Waals surface area contributed by atoms with Gasteiger partial charge in [0.1, 0.15) is 0 Å². The van der Waals surface area contributed by atoms with E-state index in [0.29, 0.717) is 0 Å². The molecule has 9 heavy (non-hydrogen) atoms. The Kier molecular flexibility index (Phi) is 2.60. The molecule has 2 nitrogen and oxygen atoms in total. The predicted molar refractivity (Wildman–Crippen MR) is 36.8 cm³/mol. The summed E-state index contributed by atoms with van der Waals surface area (Å²) in [6.45, 7) is 2.15. The lowest BCUT2D eigenvalue weighted by Crippen LogP contribution is -2.32. The summed E-state index contributed by atoms with van der Waals surface area (Å²) >= 11 is 0. The zero-order chi connectivity index (χ0) is 6.53. The van der Waals surface area contributed by atoms with Crippen molar-refractivity contribution < 1.29 is 0 Å². The van der Waals surface area contributed by atoms with Crippen LogP contribution >= 0.6 is 0 Å². The van der Waals surface area contributed by atoms with Crippen LogP contribution in [0.5, 0.6) is 0 Å². The second-order valence-electron chi connectivity index (χ2n) is 2.35. The second kappa shape index (κ2) is 3.52. The monoisotopic (exact) mass is 121 g/mol. The van der Waals surface area contributed by atoms with Crippen molar-refractivity contribution in [1.29, 1.82) is 5.26 Å². The molecule has 1 aliphatic heterocycles. The first-order chi connectivity index (χ1) is 4.43. The van der Waals surface area contributed by atoms with Gasteiger partial charge in [0, 0.05) is 0 Å². The zero-order valence-electron chi connectivity index (χ0n) is 5.51. The van der Waals surface area contributed by atoms with Crippen molar-refractivity contribution in [2.24, 2.45) is 0 Å². The summed E-state index contributed by atoms with van der Waals surface area (Å²) in [5, 5.41) is 8.27. The summed E-state index contributed by atoms with van der Waals surface area (Å²) < 4.78 is 0. The number of nitrogens with zero attached hydrogens (tertiary/aromatic N) is 2. The van der Waals surface area contributed by atoms with Crippen molar-refractivity contribution in [3.05, 3.63) is 0 Å². The van der Waals surface area contributed by atoms with Crippen molar-refractivity contribution in [3.63, 3.8) is 0 Å². The lowest BCUT2D eigenvalue weighted by atomic mass is 9.91. The normalized spacial score (nSPS) is 21.2. The molecule has 0 bridgehead atoms. The molecule has 3 heteroatoms. The van der Waals surface area contributed by atoms with Crippen molar-refractivity contribution in [2.75, 3.05) is 13.1 Å². The van der Waals surface area contributed by atoms with E-state index in [0.717, 1.165) is 13.1 Å². The van der Waals surface area contributed by atoms with Gasteiger partial charge in [-0.2, -0.15) is 0 Å². The minimum Gasteiger partial charge on any atom is -0.525 e. The Balaban J connectivity index is 2.17. The molecule has 1 aliphatic rings. The highest BCUT2D eigenvalue weighted by atomic mass is 15.0. The van der Waals surface area contributed by atoms with E-state index in [-0.39, 0.29) is 0 Å². The fraction of sp³-hybridized carbons (Fsp3) is 0.833. The molecule has 48 valence electrons. The van der Waals surface area contributed by atoms with Crippen molar-refractivity contribution >= 4 is 7.41 Å². The Morgan fingerprint density at radius 3 is 2.44 bits per heavy atom. The molecule has 0 unspecified atom stereocenters. The number of piperidine rings is 1. The molecule has 1 fully saturated rings. The topological polar surface area (TPSA) is 27.0 Å². The molecule has 1 saturated heterocycles. The second-order valence-corrected chi connectivity index (χ2v) is 2.35. The van der Waals surface area contributed by atoms with Crippen molar-refractivity contribution in [1.82, 2.24) is 4.81 Å².